The zero-order valence-electron chi connectivity index (χ0n) is 23.1. The van der Waals surface area contributed by atoms with Crippen molar-refractivity contribution in [3.8, 4) is 24.2 Å². The van der Waals surface area contributed by atoms with Crippen molar-refractivity contribution >= 4 is 34.4 Å². The molecule has 0 unspecified atom stereocenters. The van der Waals surface area contributed by atoms with Crippen LogP contribution in [0, 0.1) is 34.9 Å². The van der Waals surface area contributed by atoms with Gasteiger partial charge in [0.15, 0.2) is 0 Å². The van der Waals surface area contributed by atoms with E-state index in [0.717, 1.165) is 19.1 Å². The number of ether oxygens (including phenoxy) is 2. The molecule has 1 fully saturated rings. The Morgan fingerprint density at radius 1 is 1.32 bits per heavy atom. The van der Waals surface area contributed by atoms with Crippen molar-refractivity contribution in [1.29, 1.82) is 10.7 Å². The molecule has 4 N–H and O–H groups in total. The second kappa shape index (κ2) is 11.5. The number of nitrogens with one attached hydrogen (secondary N) is 4. The maximum atomic E-state index is 15.8. The number of aromatic nitrogens is 2. The summed E-state index contributed by atoms with van der Waals surface area (Å²) in [5.41, 5.74) is -0.348. The number of allylic oxidation sites excluding steroid dienone is 1. The zero-order chi connectivity index (χ0) is 29.9. The highest BCUT2D eigenvalue weighted by molar-refractivity contribution is 6.19. The van der Waals surface area contributed by atoms with E-state index in [1.165, 1.54) is 13.1 Å². The fourth-order valence-corrected chi connectivity index (χ4v) is 4.23. The summed E-state index contributed by atoms with van der Waals surface area (Å²) in [5.74, 6) is 1.67. The van der Waals surface area contributed by atoms with E-state index in [-0.39, 0.29) is 46.4 Å². The maximum absolute atomic E-state index is 15.8. The van der Waals surface area contributed by atoms with Gasteiger partial charge >= 0.3 is 6.09 Å². The van der Waals surface area contributed by atoms with Crippen molar-refractivity contribution in [2.45, 2.75) is 51.9 Å². The highest BCUT2D eigenvalue weighted by Crippen LogP contribution is 2.37. The van der Waals surface area contributed by atoms with E-state index in [0.29, 0.717) is 22.0 Å². The molecule has 10 nitrogen and oxygen atoms in total. The summed E-state index contributed by atoms with van der Waals surface area (Å²) in [6, 6.07) is 8.12. The van der Waals surface area contributed by atoms with Crippen LogP contribution in [-0.4, -0.2) is 41.3 Å². The van der Waals surface area contributed by atoms with E-state index in [1.807, 2.05) is 6.07 Å². The molecule has 0 atom stereocenters. The van der Waals surface area contributed by atoms with Gasteiger partial charge in [0.25, 0.3) is 5.56 Å². The van der Waals surface area contributed by atoms with E-state index in [4.69, 9.17) is 21.3 Å². The Bertz CT molecular complexity index is 1720. The number of alkyl carbamates (subject to hydrolysis) is 1. The molecule has 1 heterocycles. The summed E-state index contributed by atoms with van der Waals surface area (Å²) in [7, 11) is 1.53. The molecular formula is C30H29FN6O4. The first-order chi connectivity index (χ1) is 19.5. The Morgan fingerprint density at radius 3 is 2.63 bits per heavy atom. The van der Waals surface area contributed by atoms with Crippen LogP contribution < -0.4 is 20.9 Å². The van der Waals surface area contributed by atoms with Crippen molar-refractivity contribution in [1.82, 2.24) is 20.8 Å². The van der Waals surface area contributed by atoms with Crippen LogP contribution in [0.15, 0.2) is 29.1 Å². The van der Waals surface area contributed by atoms with Gasteiger partial charge in [0.1, 0.15) is 28.8 Å². The number of amides is 1. The lowest BCUT2D eigenvalue weighted by molar-refractivity contribution is 0.0523. The van der Waals surface area contributed by atoms with Gasteiger partial charge in [0.05, 0.1) is 40.6 Å². The smallest absolute Gasteiger partial charge is 0.407 e. The van der Waals surface area contributed by atoms with Gasteiger partial charge in [-0.2, -0.15) is 10.4 Å². The molecule has 210 valence electrons. The fraction of sp³-hybridized carbons (Fsp3) is 0.300. The average molecular weight is 557 g/mol. The van der Waals surface area contributed by atoms with E-state index in [9.17, 15) is 14.9 Å². The van der Waals surface area contributed by atoms with Gasteiger partial charge in [0.2, 0.25) is 0 Å². The molecule has 0 bridgehead atoms. The first-order valence-corrected chi connectivity index (χ1v) is 12.8. The van der Waals surface area contributed by atoms with Crippen LogP contribution in [0.4, 0.5) is 9.18 Å². The number of hydrogen-bond acceptors (Lipinski definition) is 8. The third kappa shape index (κ3) is 6.20. The Morgan fingerprint density at radius 2 is 2.05 bits per heavy atom. The molecule has 0 spiro atoms. The van der Waals surface area contributed by atoms with E-state index >= 15 is 4.39 Å². The van der Waals surface area contributed by atoms with Crippen LogP contribution in [0.5, 0.6) is 5.75 Å². The van der Waals surface area contributed by atoms with Gasteiger partial charge in [-0.15, -0.1) is 6.42 Å². The SMILES string of the molecule is C#Cc1cc(OC2CC2)c(C#N)c(/C(NC)=C(/C=N)c2ccc3c(=O)[nH]nc(CNC(=O)OC(C)(C)C)c3c2)c1F. The fourth-order valence-electron chi connectivity index (χ4n) is 4.23. The average Bonchev–Trinajstić information content (AvgIpc) is 3.75. The lowest BCUT2D eigenvalue weighted by Crippen LogP contribution is -2.32. The van der Waals surface area contributed by atoms with Gasteiger partial charge < -0.3 is 25.5 Å². The maximum Gasteiger partial charge on any atom is 0.407 e. The molecular weight excluding hydrogens is 527 g/mol. The summed E-state index contributed by atoms with van der Waals surface area (Å²) >= 11 is 0. The number of benzene rings is 2. The number of H-pyrrole nitrogens is 1. The molecule has 4 rings (SSSR count). The molecule has 1 aromatic heterocycles. The first-order valence-electron chi connectivity index (χ1n) is 12.8. The lowest BCUT2D eigenvalue weighted by atomic mass is 9.93. The zero-order valence-corrected chi connectivity index (χ0v) is 23.1. The summed E-state index contributed by atoms with van der Waals surface area (Å²) in [6.07, 6.45) is 7.49. The molecule has 2 aromatic carbocycles. The predicted octanol–water partition coefficient (Wildman–Crippen LogP) is 4.22. The third-order valence-corrected chi connectivity index (χ3v) is 6.20. The Labute approximate surface area is 236 Å². The molecule has 1 amide bonds. The van der Waals surface area contributed by atoms with Crippen molar-refractivity contribution in [3.05, 3.63) is 68.4 Å². The second-order valence-electron chi connectivity index (χ2n) is 10.4. The number of fused-ring (bicyclic) bond motifs is 1. The molecule has 1 saturated carbocycles. The number of halogens is 1. The Kier molecular flexibility index (Phi) is 8.11. The van der Waals surface area contributed by atoms with Crippen LogP contribution in [0.3, 0.4) is 0 Å². The van der Waals surface area contributed by atoms with Crippen LogP contribution in [-0.2, 0) is 11.3 Å². The number of rotatable bonds is 8. The van der Waals surface area contributed by atoms with Crippen LogP contribution in [0.25, 0.3) is 22.0 Å². The summed E-state index contributed by atoms with van der Waals surface area (Å²) in [4.78, 5) is 24.8. The largest absolute Gasteiger partial charge is 0.489 e. The van der Waals surface area contributed by atoms with E-state index < -0.39 is 23.1 Å². The number of terminal acetylenes is 1. The van der Waals surface area contributed by atoms with E-state index in [2.05, 4.69) is 26.8 Å². The molecule has 1 aliphatic carbocycles. The summed E-state index contributed by atoms with van der Waals surface area (Å²) < 4.78 is 26.9. The minimum Gasteiger partial charge on any atom is -0.489 e. The van der Waals surface area contributed by atoms with Crippen LogP contribution in [0.2, 0.25) is 0 Å². The van der Waals surface area contributed by atoms with Gasteiger partial charge in [-0.3, -0.25) is 4.79 Å². The number of nitriles is 1. The van der Waals surface area contributed by atoms with Gasteiger partial charge in [0, 0.05) is 30.3 Å². The molecule has 0 saturated heterocycles. The normalized spacial score (nSPS) is 13.4. The predicted molar refractivity (Wildman–Crippen MR) is 153 cm³/mol. The first kappa shape index (κ1) is 28.8. The standard InChI is InChI=1S/C30H29FN6O4/c1-6-16-12-24(40-18-8-9-18)22(14-33)25(26(16)31)27(34-5)21(13-32)17-7-10-19-20(11-17)23(36-37-28(19)38)15-35-29(39)41-30(2,3)4/h1,7,10-13,18,32,34H,8-9,15H2,2-5H3,(H,35,39)(H,37,38)/b27-21+,32-13?. The van der Waals surface area contributed by atoms with Gasteiger partial charge in [-0.05, 0) is 51.3 Å². The number of carbonyl (C=O) groups excluding carboxylic acids is 1. The minimum absolute atomic E-state index is 0.0572. The van der Waals surface area contributed by atoms with E-state index in [1.54, 1.807) is 39.0 Å². The van der Waals surface area contributed by atoms with Crippen molar-refractivity contribution < 1.29 is 18.7 Å². The molecule has 11 heteroatoms. The Hall–Kier alpha value is -5.16. The highest BCUT2D eigenvalue weighted by Gasteiger charge is 2.29. The van der Waals surface area contributed by atoms with Gasteiger partial charge in [-0.25, -0.2) is 14.3 Å². The molecule has 41 heavy (non-hydrogen) atoms. The monoisotopic (exact) mass is 556 g/mol. The quantitative estimate of drug-likeness (QED) is 0.184. The third-order valence-electron chi connectivity index (χ3n) is 6.20. The van der Waals surface area contributed by atoms with Crippen LogP contribution in [0.1, 0.15) is 61.6 Å². The number of aromatic amines is 1. The molecule has 3 aromatic rings. The van der Waals surface area contributed by atoms with Gasteiger partial charge in [-0.1, -0.05) is 12.0 Å². The Balaban J connectivity index is 1.88. The van der Waals surface area contributed by atoms with Crippen LogP contribution >= 0.6 is 0 Å². The minimum atomic E-state index is -0.808. The molecule has 0 radical (unpaired) electrons. The number of carbonyl (C=O) groups is 1. The molecule has 0 aliphatic heterocycles. The number of hydrogen-bond donors (Lipinski definition) is 4. The number of nitrogens with zero attached hydrogens (tertiary/aromatic N) is 2. The lowest BCUT2D eigenvalue weighted by Gasteiger charge is -2.20. The summed E-state index contributed by atoms with van der Waals surface area (Å²) in [6.45, 7) is 5.14. The highest BCUT2D eigenvalue weighted by atomic mass is 19.1. The van der Waals surface area contributed by atoms with Crippen molar-refractivity contribution in [2.75, 3.05) is 7.05 Å². The second-order valence-corrected chi connectivity index (χ2v) is 10.4. The van der Waals surface area contributed by atoms with Crippen molar-refractivity contribution in [3.63, 3.8) is 0 Å². The topological polar surface area (TPSA) is 153 Å². The molecule has 1 aliphatic rings. The summed E-state index contributed by atoms with van der Waals surface area (Å²) in [5, 5.41) is 31.0. The van der Waals surface area contributed by atoms with Crippen molar-refractivity contribution in [2.24, 2.45) is 0 Å².